The van der Waals surface area contributed by atoms with Gasteiger partial charge in [0, 0.05) is 6.04 Å². The van der Waals surface area contributed by atoms with E-state index in [0.29, 0.717) is 23.7 Å². The maximum absolute atomic E-state index is 12.2. The normalized spacial score (nSPS) is 11.9. The van der Waals surface area contributed by atoms with E-state index in [-0.39, 0.29) is 24.8 Å². The van der Waals surface area contributed by atoms with Crippen LogP contribution < -0.4 is 14.8 Å². The van der Waals surface area contributed by atoms with Gasteiger partial charge in [0.1, 0.15) is 11.6 Å². The van der Waals surface area contributed by atoms with Gasteiger partial charge >= 0.3 is 5.97 Å². The van der Waals surface area contributed by atoms with Crippen molar-refractivity contribution >= 4 is 18.0 Å². The van der Waals surface area contributed by atoms with E-state index in [1.807, 2.05) is 26.8 Å². The highest BCUT2D eigenvalue weighted by Gasteiger charge is 2.13. The number of nitriles is 1. The molecule has 0 spiro atoms. The zero-order valence-electron chi connectivity index (χ0n) is 16.2. The molecule has 27 heavy (non-hydrogen) atoms. The van der Waals surface area contributed by atoms with Crippen molar-refractivity contribution in [1.29, 1.82) is 5.26 Å². The molecule has 146 valence electrons. The van der Waals surface area contributed by atoms with Crippen LogP contribution in [0.15, 0.2) is 23.8 Å². The summed E-state index contributed by atoms with van der Waals surface area (Å²) in [7, 11) is 0. The molecule has 0 aromatic heterocycles. The molecule has 7 heteroatoms. The first-order valence-electron chi connectivity index (χ1n) is 8.92. The first-order chi connectivity index (χ1) is 12.9. The Balaban J connectivity index is 3.01. The van der Waals surface area contributed by atoms with Crippen LogP contribution in [0.1, 0.15) is 39.7 Å². The highest BCUT2D eigenvalue weighted by atomic mass is 16.6. The number of hydrogen-bond donors (Lipinski definition) is 1. The number of ether oxygens (including phenoxy) is 3. The summed E-state index contributed by atoms with van der Waals surface area (Å²) in [4.78, 5) is 23.6. The fraction of sp³-hybridized carbons (Fsp3) is 0.450. The third kappa shape index (κ3) is 7.40. The maximum Gasteiger partial charge on any atom is 0.344 e. The van der Waals surface area contributed by atoms with Gasteiger partial charge in [-0.1, -0.05) is 13.0 Å². The zero-order chi connectivity index (χ0) is 20.2. The molecule has 0 bridgehead atoms. The summed E-state index contributed by atoms with van der Waals surface area (Å²) in [5, 5.41) is 12.0. The third-order valence-electron chi connectivity index (χ3n) is 3.58. The van der Waals surface area contributed by atoms with Gasteiger partial charge in [-0.15, -0.1) is 0 Å². The summed E-state index contributed by atoms with van der Waals surface area (Å²) in [5.74, 6) is -0.107. The van der Waals surface area contributed by atoms with Gasteiger partial charge in [-0.05, 0) is 51.0 Å². The molecule has 1 aromatic rings. The summed E-state index contributed by atoms with van der Waals surface area (Å²) in [6.07, 6.45) is 2.25. The van der Waals surface area contributed by atoms with Crippen molar-refractivity contribution in [1.82, 2.24) is 5.32 Å². The van der Waals surface area contributed by atoms with E-state index >= 15 is 0 Å². The Kier molecular flexibility index (Phi) is 9.45. The number of nitrogens with one attached hydrogen (secondary N) is 1. The van der Waals surface area contributed by atoms with Crippen molar-refractivity contribution in [2.75, 3.05) is 19.8 Å². The van der Waals surface area contributed by atoms with Crippen molar-refractivity contribution in [2.24, 2.45) is 0 Å². The molecule has 0 unspecified atom stereocenters. The maximum atomic E-state index is 12.2. The highest BCUT2D eigenvalue weighted by molar-refractivity contribution is 6.01. The largest absolute Gasteiger partial charge is 0.490 e. The number of esters is 1. The van der Waals surface area contributed by atoms with Gasteiger partial charge in [-0.2, -0.15) is 5.26 Å². The van der Waals surface area contributed by atoms with Gasteiger partial charge in [0.2, 0.25) is 0 Å². The molecular formula is C20H26N2O5. The van der Waals surface area contributed by atoms with Crippen LogP contribution in [-0.2, 0) is 14.3 Å². The van der Waals surface area contributed by atoms with Gasteiger partial charge in [0.15, 0.2) is 18.1 Å². The average molecular weight is 374 g/mol. The van der Waals surface area contributed by atoms with E-state index in [0.717, 1.165) is 6.42 Å². The third-order valence-corrected chi connectivity index (χ3v) is 3.58. The fourth-order valence-electron chi connectivity index (χ4n) is 2.06. The second-order valence-corrected chi connectivity index (χ2v) is 5.69. The van der Waals surface area contributed by atoms with E-state index < -0.39 is 11.9 Å². The molecule has 0 aliphatic carbocycles. The zero-order valence-corrected chi connectivity index (χ0v) is 16.2. The van der Waals surface area contributed by atoms with Crippen molar-refractivity contribution in [3.05, 3.63) is 29.3 Å². The van der Waals surface area contributed by atoms with E-state index in [1.54, 1.807) is 25.1 Å². The lowest BCUT2D eigenvalue weighted by atomic mass is 10.1. The highest BCUT2D eigenvalue weighted by Crippen LogP contribution is 2.29. The van der Waals surface area contributed by atoms with E-state index in [2.05, 4.69) is 5.32 Å². The number of carbonyl (C=O) groups is 2. The minimum atomic E-state index is -0.475. The molecule has 0 aliphatic rings. The van der Waals surface area contributed by atoms with Crippen LogP contribution in [0.4, 0.5) is 0 Å². The predicted octanol–water partition coefficient (Wildman–Crippen LogP) is 2.85. The lowest BCUT2D eigenvalue weighted by Gasteiger charge is -2.13. The van der Waals surface area contributed by atoms with Crippen molar-refractivity contribution in [3.8, 4) is 17.6 Å². The number of nitrogens with zero attached hydrogens (tertiary/aromatic N) is 1. The Morgan fingerprint density at radius 2 is 1.93 bits per heavy atom. The summed E-state index contributed by atoms with van der Waals surface area (Å²) < 4.78 is 15.8. The number of amides is 1. The van der Waals surface area contributed by atoms with Gasteiger partial charge in [0.05, 0.1) is 13.2 Å². The first kappa shape index (κ1) is 22.0. The Bertz CT molecular complexity index is 722. The molecule has 7 nitrogen and oxygen atoms in total. The summed E-state index contributed by atoms with van der Waals surface area (Å²) in [6, 6.07) is 6.85. The smallest absolute Gasteiger partial charge is 0.344 e. The summed E-state index contributed by atoms with van der Waals surface area (Å²) in [5.41, 5.74) is 0.607. The number of benzene rings is 1. The minimum Gasteiger partial charge on any atom is -0.490 e. The van der Waals surface area contributed by atoms with Crippen molar-refractivity contribution < 1.29 is 23.8 Å². The van der Waals surface area contributed by atoms with E-state index in [4.69, 9.17) is 14.2 Å². The van der Waals surface area contributed by atoms with Gasteiger partial charge < -0.3 is 19.5 Å². The molecule has 1 N–H and O–H groups in total. The predicted molar refractivity (Wildman–Crippen MR) is 101 cm³/mol. The number of rotatable bonds is 10. The molecule has 0 aliphatic heterocycles. The monoisotopic (exact) mass is 374 g/mol. The molecular weight excluding hydrogens is 348 g/mol. The Morgan fingerprint density at radius 1 is 1.19 bits per heavy atom. The molecule has 1 rings (SSSR count). The van der Waals surface area contributed by atoms with E-state index in [9.17, 15) is 14.9 Å². The number of hydrogen-bond acceptors (Lipinski definition) is 6. The molecule has 0 saturated carbocycles. The van der Waals surface area contributed by atoms with Crippen LogP contribution in [0, 0.1) is 11.3 Å². The summed E-state index contributed by atoms with van der Waals surface area (Å²) >= 11 is 0. The van der Waals surface area contributed by atoms with Gasteiger partial charge in [0.25, 0.3) is 5.91 Å². The van der Waals surface area contributed by atoms with Crippen LogP contribution in [0.2, 0.25) is 0 Å². The topological polar surface area (TPSA) is 97.7 Å². The van der Waals surface area contributed by atoms with Crippen LogP contribution in [0.3, 0.4) is 0 Å². The lowest BCUT2D eigenvalue weighted by Crippen LogP contribution is -2.32. The first-order valence-corrected chi connectivity index (χ1v) is 8.92. The van der Waals surface area contributed by atoms with Gasteiger partial charge in [-0.3, -0.25) is 4.79 Å². The Hall–Kier alpha value is -3.01. The van der Waals surface area contributed by atoms with Crippen molar-refractivity contribution in [3.63, 3.8) is 0 Å². The molecule has 0 radical (unpaired) electrons. The summed E-state index contributed by atoms with van der Waals surface area (Å²) in [6.45, 7) is 7.79. The molecule has 1 aromatic carbocycles. The van der Waals surface area contributed by atoms with Gasteiger partial charge in [-0.25, -0.2) is 4.79 Å². The Morgan fingerprint density at radius 3 is 2.52 bits per heavy atom. The van der Waals surface area contributed by atoms with Crippen LogP contribution in [0.25, 0.3) is 6.08 Å². The molecule has 0 heterocycles. The number of carbonyl (C=O) groups excluding carboxylic acids is 2. The molecule has 0 fully saturated rings. The van der Waals surface area contributed by atoms with Crippen LogP contribution in [-0.4, -0.2) is 37.7 Å². The second kappa shape index (κ2) is 11.6. The fourth-order valence-corrected chi connectivity index (χ4v) is 2.06. The Labute approximate surface area is 159 Å². The molecule has 0 saturated heterocycles. The lowest BCUT2D eigenvalue weighted by molar-refractivity contribution is -0.145. The second-order valence-electron chi connectivity index (χ2n) is 5.69. The standard InChI is InChI=1S/C20H26N2O5/c1-5-14(4)22-20(24)16(12-21)10-15-8-9-17(18(11-15)25-6-2)27-13-19(23)26-7-3/h8-11,14H,5-7,13H2,1-4H3,(H,22,24)/b16-10+/t14-/m0/s1. The van der Waals surface area contributed by atoms with E-state index in [1.165, 1.54) is 6.08 Å². The minimum absolute atomic E-state index is 0.00191. The quantitative estimate of drug-likeness (QED) is 0.384. The average Bonchev–Trinajstić information content (AvgIpc) is 2.65. The van der Waals surface area contributed by atoms with Crippen LogP contribution >= 0.6 is 0 Å². The molecule has 1 amide bonds. The SMILES string of the molecule is CCOC(=O)COc1ccc(/C=C(\C#N)C(=O)N[C@@H](C)CC)cc1OCC. The van der Waals surface area contributed by atoms with Crippen molar-refractivity contribution in [2.45, 2.75) is 40.2 Å². The van der Waals surface area contributed by atoms with Crippen LogP contribution in [0.5, 0.6) is 11.5 Å². The molecule has 1 atom stereocenters.